The highest BCUT2D eigenvalue weighted by Crippen LogP contribution is 2.36. The zero-order valence-electron chi connectivity index (χ0n) is 21.9. The molecule has 1 unspecified atom stereocenters. The lowest BCUT2D eigenvalue weighted by atomic mass is 9.80. The smallest absolute Gasteiger partial charge is 0.306 e. The number of phenols is 1. The lowest BCUT2D eigenvalue weighted by Crippen LogP contribution is -2.24. The van der Waals surface area contributed by atoms with Gasteiger partial charge in [0, 0.05) is 5.56 Å². The van der Waals surface area contributed by atoms with Crippen LogP contribution in [0.5, 0.6) is 17.2 Å². The average Bonchev–Trinajstić information content (AvgIpc) is 2.86. The van der Waals surface area contributed by atoms with Gasteiger partial charge in [0.25, 0.3) is 0 Å². The summed E-state index contributed by atoms with van der Waals surface area (Å²) in [5.41, 5.74) is 4.68. The fraction of sp³-hybridized carbons (Fsp3) is 0.533. The van der Waals surface area contributed by atoms with Crippen molar-refractivity contribution < 1.29 is 29.3 Å². The van der Waals surface area contributed by atoms with Crippen molar-refractivity contribution in [2.75, 3.05) is 13.2 Å². The molecule has 0 radical (unpaired) electrons. The number of carboxylic acids is 1. The number of carbonyl (C=O) groups excluding carboxylic acids is 1. The van der Waals surface area contributed by atoms with Gasteiger partial charge in [-0.25, -0.2) is 0 Å². The monoisotopic (exact) mass is 496 g/mol. The topological polar surface area (TPSA) is 93.1 Å². The van der Waals surface area contributed by atoms with E-state index in [1.807, 2.05) is 6.92 Å². The molecule has 0 amide bonds. The standard InChI is InChI=1S/C30H40O6/c1-4-9-21-12-15-27(24-13-11-22(30(33)34)19-26(21)24)35-17-7-6-8-18-36-28-16-14-23(20(3)31)29(32)25(28)10-5-2/h12,14-16,22,32H,4-11,13,17-19H2,1-3H3,(H,33,34). The lowest BCUT2D eigenvalue weighted by molar-refractivity contribution is -0.142. The molecule has 0 heterocycles. The SMILES string of the molecule is CCCc1ccc(OCCCCCOc2ccc(C(C)=O)c(O)c2CCC)c2c1CC(C(=O)O)CC2. The van der Waals surface area contributed by atoms with Crippen molar-refractivity contribution in [1.29, 1.82) is 0 Å². The van der Waals surface area contributed by atoms with Crippen LogP contribution in [0.25, 0.3) is 0 Å². The number of aliphatic carboxylic acids is 1. The second-order valence-corrected chi connectivity index (χ2v) is 9.71. The first-order chi connectivity index (χ1) is 17.4. The average molecular weight is 497 g/mol. The maximum absolute atomic E-state index is 11.7. The molecule has 1 atom stereocenters. The van der Waals surface area contributed by atoms with Crippen molar-refractivity contribution in [2.45, 2.75) is 85.0 Å². The maximum atomic E-state index is 11.7. The molecule has 0 aliphatic heterocycles. The largest absolute Gasteiger partial charge is 0.507 e. The number of hydrogen-bond acceptors (Lipinski definition) is 5. The minimum Gasteiger partial charge on any atom is -0.507 e. The molecule has 3 rings (SSSR count). The van der Waals surface area contributed by atoms with Crippen LogP contribution in [0.3, 0.4) is 0 Å². The fourth-order valence-corrected chi connectivity index (χ4v) is 5.04. The van der Waals surface area contributed by atoms with Crippen LogP contribution in [0, 0.1) is 5.92 Å². The van der Waals surface area contributed by atoms with Crippen molar-refractivity contribution in [1.82, 2.24) is 0 Å². The van der Waals surface area contributed by atoms with E-state index in [2.05, 4.69) is 19.1 Å². The van der Waals surface area contributed by atoms with Gasteiger partial charge < -0.3 is 19.7 Å². The van der Waals surface area contributed by atoms with Crippen LogP contribution < -0.4 is 9.47 Å². The van der Waals surface area contributed by atoms with Crippen LogP contribution in [0.2, 0.25) is 0 Å². The minimum atomic E-state index is -0.705. The Morgan fingerprint density at radius 2 is 1.58 bits per heavy atom. The summed E-state index contributed by atoms with van der Waals surface area (Å²) in [5, 5.41) is 20.0. The van der Waals surface area contributed by atoms with Crippen molar-refractivity contribution >= 4 is 11.8 Å². The molecule has 0 spiro atoms. The van der Waals surface area contributed by atoms with Gasteiger partial charge in [-0.2, -0.15) is 0 Å². The molecule has 2 aromatic carbocycles. The van der Waals surface area contributed by atoms with Gasteiger partial charge >= 0.3 is 5.97 Å². The summed E-state index contributed by atoms with van der Waals surface area (Å²) in [7, 11) is 0. The highest BCUT2D eigenvalue weighted by atomic mass is 16.5. The number of phenolic OH excluding ortho intramolecular Hbond substituents is 1. The van der Waals surface area contributed by atoms with Gasteiger partial charge in [-0.15, -0.1) is 0 Å². The van der Waals surface area contributed by atoms with E-state index in [1.165, 1.54) is 23.6 Å². The summed E-state index contributed by atoms with van der Waals surface area (Å²) in [6.07, 6.45) is 8.21. The third kappa shape index (κ3) is 6.80. The van der Waals surface area contributed by atoms with Gasteiger partial charge in [0.2, 0.25) is 0 Å². The Kier molecular flexibility index (Phi) is 10.2. The van der Waals surface area contributed by atoms with E-state index >= 15 is 0 Å². The Balaban J connectivity index is 1.50. The Labute approximate surface area is 214 Å². The highest BCUT2D eigenvalue weighted by Gasteiger charge is 2.28. The molecular formula is C30H40O6. The molecule has 1 aliphatic rings. The van der Waals surface area contributed by atoms with Crippen molar-refractivity contribution in [3.8, 4) is 17.2 Å². The first kappa shape index (κ1) is 27.6. The van der Waals surface area contributed by atoms with Gasteiger partial charge in [0.05, 0.1) is 24.7 Å². The van der Waals surface area contributed by atoms with E-state index in [-0.39, 0.29) is 17.5 Å². The normalized spacial score (nSPS) is 14.8. The van der Waals surface area contributed by atoms with Crippen LogP contribution in [0.1, 0.15) is 91.9 Å². The predicted octanol–water partition coefficient (Wildman–Crippen LogP) is 6.32. The van der Waals surface area contributed by atoms with Gasteiger partial charge in [0.1, 0.15) is 17.2 Å². The molecule has 2 N–H and O–H groups in total. The summed E-state index contributed by atoms with van der Waals surface area (Å²) < 4.78 is 12.1. The summed E-state index contributed by atoms with van der Waals surface area (Å²) in [4.78, 5) is 23.3. The first-order valence-electron chi connectivity index (χ1n) is 13.3. The van der Waals surface area contributed by atoms with Gasteiger partial charge in [-0.3, -0.25) is 9.59 Å². The first-order valence-corrected chi connectivity index (χ1v) is 13.3. The fourth-order valence-electron chi connectivity index (χ4n) is 5.04. The zero-order chi connectivity index (χ0) is 26.1. The summed E-state index contributed by atoms with van der Waals surface area (Å²) in [6.45, 7) is 6.77. The molecule has 6 heteroatoms. The summed E-state index contributed by atoms with van der Waals surface area (Å²) in [6, 6.07) is 7.58. The highest BCUT2D eigenvalue weighted by molar-refractivity contribution is 5.97. The summed E-state index contributed by atoms with van der Waals surface area (Å²) in [5.74, 6) is 0.423. The van der Waals surface area contributed by atoms with Crippen LogP contribution in [0.15, 0.2) is 24.3 Å². The Morgan fingerprint density at radius 3 is 2.22 bits per heavy atom. The van der Waals surface area contributed by atoms with E-state index in [1.54, 1.807) is 12.1 Å². The zero-order valence-corrected chi connectivity index (χ0v) is 21.9. The number of aryl methyl sites for hydroxylation is 1. The predicted molar refractivity (Wildman–Crippen MR) is 141 cm³/mol. The van der Waals surface area contributed by atoms with Crippen molar-refractivity contribution in [2.24, 2.45) is 5.92 Å². The molecular weight excluding hydrogens is 456 g/mol. The summed E-state index contributed by atoms with van der Waals surface area (Å²) >= 11 is 0. The molecule has 0 saturated heterocycles. The van der Waals surface area contributed by atoms with Crippen LogP contribution in [-0.4, -0.2) is 35.2 Å². The van der Waals surface area contributed by atoms with Gasteiger partial charge in [-0.1, -0.05) is 32.8 Å². The number of hydrogen-bond donors (Lipinski definition) is 2. The minimum absolute atomic E-state index is 0.0400. The number of rotatable bonds is 14. The van der Waals surface area contributed by atoms with Gasteiger partial charge in [0.15, 0.2) is 5.78 Å². The second kappa shape index (κ2) is 13.3. The molecule has 0 fully saturated rings. The van der Waals surface area contributed by atoms with Gasteiger partial charge in [-0.05, 0) is 93.2 Å². The quantitative estimate of drug-likeness (QED) is 0.235. The van der Waals surface area contributed by atoms with E-state index in [9.17, 15) is 19.8 Å². The number of fused-ring (bicyclic) bond motifs is 1. The number of ketones is 1. The molecule has 2 aromatic rings. The number of ether oxygens (including phenoxy) is 2. The number of unbranched alkanes of at least 4 members (excludes halogenated alkanes) is 2. The molecule has 0 bridgehead atoms. The molecule has 0 aromatic heterocycles. The Hall–Kier alpha value is -3.02. The number of carboxylic acid groups (broad SMARTS) is 1. The maximum Gasteiger partial charge on any atom is 0.306 e. The molecule has 36 heavy (non-hydrogen) atoms. The second-order valence-electron chi connectivity index (χ2n) is 9.71. The van der Waals surface area contributed by atoms with Crippen molar-refractivity contribution in [3.63, 3.8) is 0 Å². The van der Waals surface area contributed by atoms with Crippen LogP contribution in [0.4, 0.5) is 0 Å². The Morgan fingerprint density at radius 1 is 0.917 bits per heavy atom. The van der Waals surface area contributed by atoms with Crippen LogP contribution in [-0.2, 0) is 30.5 Å². The number of benzene rings is 2. The number of aromatic hydroxyl groups is 1. The number of Topliss-reactive ketones (excluding diaryl/α,β-unsaturated/α-hetero) is 1. The van der Waals surface area contributed by atoms with E-state index in [4.69, 9.17) is 9.47 Å². The van der Waals surface area contributed by atoms with Crippen molar-refractivity contribution in [3.05, 3.63) is 52.1 Å². The third-order valence-electron chi connectivity index (χ3n) is 6.97. The molecule has 1 aliphatic carbocycles. The third-order valence-corrected chi connectivity index (χ3v) is 6.97. The van der Waals surface area contributed by atoms with E-state index < -0.39 is 5.97 Å². The van der Waals surface area contributed by atoms with E-state index in [0.717, 1.165) is 50.7 Å². The molecule has 6 nitrogen and oxygen atoms in total. The lowest BCUT2D eigenvalue weighted by Gasteiger charge is -2.26. The van der Waals surface area contributed by atoms with E-state index in [0.29, 0.717) is 49.4 Å². The molecule has 196 valence electrons. The Bertz CT molecular complexity index is 1060. The number of carbonyl (C=O) groups is 2. The van der Waals surface area contributed by atoms with Crippen LogP contribution >= 0.6 is 0 Å². The molecule has 0 saturated carbocycles.